The van der Waals surface area contributed by atoms with E-state index in [2.05, 4.69) is 4.72 Å². The standard InChI is InChI=1S/C28H22ClF3N2O4S2/c1-34-12-11-17(15-34)37-24-13-16(9-10-21(24)28(30,31)32)33-40(35,36)25-14-22(29)27(39-25)20-7-4-6-19-18-5-2-3-8-23(18)38-26(19)20/h2-10,13-14,17,33H,11-12,15H2,1H3/t17-/m1/s1. The Morgan fingerprint density at radius 2 is 1.85 bits per heavy atom. The van der Waals surface area contributed by atoms with E-state index in [4.69, 9.17) is 20.8 Å². The fraction of sp³-hybridized carbons (Fsp3) is 0.214. The Balaban J connectivity index is 1.33. The van der Waals surface area contributed by atoms with Crippen molar-refractivity contribution in [1.82, 2.24) is 4.90 Å². The first-order chi connectivity index (χ1) is 19.0. The Hall–Kier alpha value is -3.25. The minimum atomic E-state index is -4.66. The van der Waals surface area contributed by atoms with E-state index in [0.29, 0.717) is 41.1 Å². The Kier molecular flexibility index (Phi) is 6.73. The van der Waals surface area contributed by atoms with Gasteiger partial charge in [-0.25, -0.2) is 8.42 Å². The van der Waals surface area contributed by atoms with E-state index in [-0.39, 0.29) is 14.9 Å². The number of ether oxygens (including phenoxy) is 1. The van der Waals surface area contributed by atoms with Gasteiger partial charge < -0.3 is 14.1 Å². The molecule has 0 bridgehead atoms. The van der Waals surface area contributed by atoms with Crippen molar-refractivity contribution in [3.63, 3.8) is 0 Å². The average molecular weight is 607 g/mol. The van der Waals surface area contributed by atoms with Gasteiger partial charge in [0.25, 0.3) is 10.0 Å². The Bertz CT molecular complexity index is 1850. The summed E-state index contributed by atoms with van der Waals surface area (Å²) in [5.74, 6) is -0.422. The van der Waals surface area contributed by atoms with Crippen molar-refractivity contribution < 1.29 is 30.7 Å². The summed E-state index contributed by atoms with van der Waals surface area (Å²) in [5, 5.41) is 2.00. The predicted octanol–water partition coefficient (Wildman–Crippen LogP) is 7.87. The third-order valence-electron chi connectivity index (χ3n) is 6.76. The summed E-state index contributed by atoms with van der Waals surface area (Å²) in [7, 11) is -2.34. The van der Waals surface area contributed by atoms with Gasteiger partial charge in [0.1, 0.15) is 27.2 Å². The van der Waals surface area contributed by atoms with E-state index in [9.17, 15) is 21.6 Å². The molecule has 0 spiro atoms. The van der Waals surface area contributed by atoms with E-state index < -0.39 is 33.6 Å². The van der Waals surface area contributed by atoms with Crippen LogP contribution in [0.25, 0.3) is 32.4 Å². The van der Waals surface area contributed by atoms with E-state index in [0.717, 1.165) is 40.3 Å². The van der Waals surface area contributed by atoms with Crippen LogP contribution in [0.15, 0.2) is 75.4 Å². The normalized spacial score (nSPS) is 16.7. The maximum Gasteiger partial charge on any atom is 0.419 e. The summed E-state index contributed by atoms with van der Waals surface area (Å²) < 4.78 is 81.7. The van der Waals surface area contributed by atoms with E-state index >= 15 is 0 Å². The molecule has 0 radical (unpaired) electrons. The average Bonchev–Trinajstić information content (AvgIpc) is 3.59. The number of likely N-dealkylation sites (N-methyl/N-ethyl adjacent to an activating group) is 1. The van der Waals surface area contributed by atoms with Gasteiger partial charge in [0.15, 0.2) is 0 Å². The third kappa shape index (κ3) is 5.03. The fourth-order valence-corrected chi connectivity index (χ4v) is 7.77. The van der Waals surface area contributed by atoms with Crippen molar-refractivity contribution in [2.24, 2.45) is 0 Å². The molecule has 3 heterocycles. The molecule has 1 aliphatic heterocycles. The van der Waals surface area contributed by atoms with Gasteiger partial charge in [-0.1, -0.05) is 41.9 Å². The van der Waals surface area contributed by atoms with Crippen molar-refractivity contribution in [2.75, 3.05) is 24.9 Å². The summed E-state index contributed by atoms with van der Waals surface area (Å²) in [6, 6.07) is 17.4. The first-order valence-electron chi connectivity index (χ1n) is 12.3. The lowest BCUT2D eigenvalue weighted by Gasteiger charge is -2.19. The molecule has 6 nitrogen and oxygen atoms in total. The third-order valence-corrected chi connectivity index (χ3v) is 10.2. The molecule has 0 aliphatic carbocycles. The minimum Gasteiger partial charge on any atom is -0.488 e. The molecule has 5 aromatic rings. The van der Waals surface area contributed by atoms with Crippen LogP contribution in [0.1, 0.15) is 12.0 Å². The Morgan fingerprint density at radius 3 is 2.60 bits per heavy atom. The van der Waals surface area contributed by atoms with Crippen LogP contribution in [0.2, 0.25) is 5.02 Å². The highest BCUT2D eigenvalue weighted by Gasteiger charge is 2.36. The summed E-state index contributed by atoms with van der Waals surface area (Å²) in [5.41, 5.74) is 0.880. The highest BCUT2D eigenvalue weighted by atomic mass is 35.5. The molecule has 6 rings (SSSR count). The van der Waals surface area contributed by atoms with Gasteiger partial charge in [-0.15, -0.1) is 11.3 Å². The number of hydrogen-bond acceptors (Lipinski definition) is 6. The number of furan rings is 1. The number of thiophene rings is 1. The molecule has 1 aliphatic rings. The highest BCUT2D eigenvalue weighted by Crippen LogP contribution is 2.44. The number of alkyl halides is 3. The number of hydrogen-bond donors (Lipinski definition) is 1. The number of likely N-dealkylation sites (tertiary alicyclic amines) is 1. The smallest absolute Gasteiger partial charge is 0.419 e. The monoisotopic (exact) mass is 606 g/mol. The van der Waals surface area contributed by atoms with Crippen molar-refractivity contribution in [3.05, 3.63) is 77.3 Å². The maximum atomic E-state index is 13.7. The first kappa shape index (κ1) is 26.9. The van der Waals surface area contributed by atoms with E-state index in [1.165, 1.54) is 6.07 Å². The zero-order valence-electron chi connectivity index (χ0n) is 21.0. The van der Waals surface area contributed by atoms with Gasteiger partial charge in [0, 0.05) is 35.5 Å². The molecule has 3 aromatic carbocycles. The van der Waals surface area contributed by atoms with Crippen LogP contribution in [0, 0.1) is 0 Å². The topological polar surface area (TPSA) is 71.8 Å². The second-order valence-electron chi connectivity index (χ2n) is 9.63. The van der Waals surface area contributed by atoms with Crippen molar-refractivity contribution in [2.45, 2.75) is 22.9 Å². The molecular weight excluding hydrogens is 585 g/mol. The highest BCUT2D eigenvalue weighted by molar-refractivity contribution is 7.94. The Morgan fingerprint density at radius 1 is 1.07 bits per heavy atom. The number of fused-ring (bicyclic) bond motifs is 3. The van der Waals surface area contributed by atoms with Gasteiger partial charge in [-0.3, -0.25) is 4.72 Å². The number of nitrogens with zero attached hydrogens (tertiary/aromatic N) is 1. The molecule has 208 valence electrons. The van der Waals surface area contributed by atoms with Crippen molar-refractivity contribution in [1.29, 1.82) is 0 Å². The van der Waals surface area contributed by atoms with Crippen LogP contribution >= 0.6 is 22.9 Å². The van der Waals surface area contributed by atoms with Crippen molar-refractivity contribution >= 4 is 60.6 Å². The lowest BCUT2D eigenvalue weighted by molar-refractivity contribution is -0.139. The molecule has 1 fully saturated rings. The van der Waals surface area contributed by atoms with Crippen LogP contribution < -0.4 is 9.46 Å². The molecule has 40 heavy (non-hydrogen) atoms. The molecule has 1 atom stereocenters. The van der Waals surface area contributed by atoms with Crippen LogP contribution in [0.3, 0.4) is 0 Å². The molecule has 1 N–H and O–H groups in total. The fourth-order valence-electron chi connectivity index (χ4n) is 4.88. The maximum absolute atomic E-state index is 13.7. The zero-order chi connectivity index (χ0) is 28.2. The molecular formula is C28H22ClF3N2O4S2. The molecule has 0 amide bonds. The lowest BCUT2D eigenvalue weighted by atomic mass is 10.1. The molecule has 0 unspecified atom stereocenters. The minimum absolute atomic E-state index is 0.0557. The predicted molar refractivity (Wildman–Crippen MR) is 151 cm³/mol. The van der Waals surface area contributed by atoms with E-state index in [1.54, 1.807) is 6.07 Å². The van der Waals surface area contributed by atoms with Gasteiger partial charge >= 0.3 is 6.18 Å². The van der Waals surface area contributed by atoms with Gasteiger partial charge in [0.2, 0.25) is 0 Å². The number of rotatable bonds is 6. The number of anilines is 1. The molecule has 1 saturated heterocycles. The van der Waals surface area contributed by atoms with Crippen LogP contribution in [0.5, 0.6) is 5.75 Å². The largest absolute Gasteiger partial charge is 0.488 e. The summed E-state index contributed by atoms with van der Waals surface area (Å²) in [6.07, 6.45) is -4.53. The quantitative estimate of drug-likeness (QED) is 0.213. The van der Waals surface area contributed by atoms with E-state index in [1.807, 2.05) is 48.3 Å². The van der Waals surface area contributed by atoms with Crippen LogP contribution in [-0.2, 0) is 16.2 Å². The van der Waals surface area contributed by atoms with Gasteiger partial charge in [0.05, 0.1) is 21.2 Å². The van der Waals surface area contributed by atoms with Crippen LogP contribution in [0.4, 0.5) is 18.9 Å². The molecule has 12 heteroatoms. The number of para-hydroxylation sites is 2. The number of nitrogens with one attached hydrogen (secondary N) is 1. The summed E-state index contributed by atoms with van der Waals surface area (Å²) in [6.45, 7) is 1.17. The second-order valence-corrected chi connectivity index (χ2v) is 13.0. The lowest BCUT2D eigenvalue weighted by Crippen LogP contribution is -2.23. The number of halogens is 4. The summed E-state index contributed by atoms with van der Waals surface area (Å²) >= 11 is 7.46. The second kappa shape index (κ2) is 9.99. The number of sulfonamides is 1. The zero-order valence-corrected chi connectivity index (χ0v) is 23.3. The molecule has 0 saturated carbocycles. The number of benzene rings is 3. The van der Waals surface area contributed by atoms with Gasteiger partial charge in [-0.05, 0) is 43.8 Å². The Labute approximate surface area is 237 Å². The first-order valence-corrected chi connectivity index (χ1v) is 15.0. The molecule has 2 aromatic heterocycles. The van der Waals surface area contributed by atoms with Gasteiger partial charge in [-0.2, -0.15) is 13.2 Å². The van der Waals surface area contributed by atoms with Crippen molar-refractivity contribution in [3.8, 4) is 16.2 Å². The SMILES string of the molecule is CN1CC[C@@H](Oc2cc(NS(=O)(=O)c3cc(Cl)c(-c4cccc5c4oc4ccccc45)s3)ccc2C(F)(F)F)C1. The summed E-state index contributed by atoms with van der Waals surface area (Å²) in [4.78, 5) is 2.45. The van der Waals surface area contributed by atoms with Crippen LogP contribution in [-0.4, -0.2) is 39.6 Å².